The molecular formula is C13H8OS2. The number of ketones is 1. The van der Waals surface area contributed by atoms with Crippen LogP contribution in [0.25, 0.3) is 11.1 Å². The lowest BCUT2D eigenvalue weighted by Crippen LogP contribution is -1.92. The molecule has 0 N–H and O–H groups in total. The van der Waals surface area contributed by atoms with Gasteiger partial charge in [0.15, 0.2) is 5.78 Å². The topological polar surface area (TPSA) is 17.1 Å². The Balaban J connectivity index is 2.19. The average Bonchev–Trinajstić information content (AvgIpc) is 2.96. The summed E-state index contributed by atoms with van der Waals surface area (Å²) in [6.45, 7) is 0. The van der Waals surface area contributed by atoms with Gasteiger partial charge in [-0.3, -0.25) is 4.79 Å². The molecule has 3 rings (SSSR count). The van der Waals surface area contributed by atoms with E-state index in [0.29, 0.717) is 0 Å². The van der Waals surface area contributed by atoms with Gasteiger partial charge in [0.1, 0.15) is 0 Å². The minimum atomic E-state index is 0.117. The molecule has 0 fully saturated rings. The molecule has 0 amide bonds. The quantitative estimate of drug-likeness (QED) is 0.784. The normalized spacial score (nSPS) is 15.1. The smallest absolute Gasteiger partial charge is 0.187 e. The maximum absolute atomic E-state index is 11.8. The molecule has 3 heteroatoms. The maximum Gasteiger partial charge on any atom is 0.187 e. The molecule has 0 aromatic carbocycles. The second-order valence-electron chi connectivity index (χ2n) is 3.44. The Labute approximate surface area is 101 Å². The summed E-state index contributed by atoms with van der Waals surface area (Å²) in [5.74, 6) is 0.117. The predicted octanol–water partition coefficient (Wildman–Crippen LogP) is 3.86. The van der Waals surface area contributed by atoms with E-state index in [2.05, 4.69) is 6.07 Å². The van der Waals surface area contributed by atoms with Crippen LogP contribution in [0.5, 0.6) is 0 Å². The molecule has 0 aliphatic heterocycles. The number of hydrogen-bond donors (Lipinski definition) is 0. The number of thiophene rings is 2. The summed E-state index contributed by atoms with van der Waals surface area (Å²) in [4.78, 5) is 14.1. The van der Waals surface area contributed by atoms with E-state index in [0.717, 1.165) is 20.9 Å². The van der Waals surface area contributed by atoms with E-state index in [1.54, 1.807) is 28.7 Å². The van der Waals surface area contributed by atoms with Crippen LogP contribution >= 0.6 is 22.7 Å². The van der Waals surface area contributed by atoms with Crippen molar-refractivity contribution in [2.24, 2.45) is 0 Å². The molecule has 0 atom stereocenters. The summed E-state index contributed by atoms with van der Waals surface area (Å²) < 4.78 is 0. The first kappa shape index (κ1) is 9.75. The average molecular weight is 244 g/mol. The highest BCUT2D eigenvalue weighted by Crippen LogP contribution is 2.36. The largest absolute Gasteiger partial charge is 0.289 e. The summed E-state index contributed by atoms with van der Waals surface area (Å²) in [6, 6.07) is 8.04. The standard InChI is InChI=1S/C13H8OS2/c14-10-6-5-9(11-3-1-7-15-11)13(10)12-4-2-8-16-12/h1-8H. The minimum absolute atomic E-state index is 0.117. The summed E-state index contributed by atoms with van der Waals surface area (Å²) in [5, 5.41) is 4.03. The van der Waals surface area contributed by atoms with Crippen LogP contribution in [0.4, 0.5) is 0 Å². The summed E-state index contributed by atoms with van der Waals surface area (Å²) in [7, 11) is 0. The second-order valence-corrected chi connectivity index (χ2v) is 5.34. The van der Waals surface area contributed by atoms with Crippen LogP contribution in [0.2, 0.25) is 0 Å². The first-order valence-electron chi connectivity index (χ1n) is 4.91. The van der Waals surface area contributed by atoms with E-state index >= 15 is 0 Å². The van der Waals surface area contributed by atoms with Gasteiger partial charge >= 0.3 is 0 Å². The summed E-state index contributed by atoms with van der Waals surface area (Å²) in [5.41, 5.74) is 1.90. The lowest BCUT2D eigenvalue weighted by molar-refractivity contribution is -0.109. The van der Waals surface area contributed by atoms with Crippen molar-refractivity contribution < 1.29 is 4.79 Å². The SMILES string of the molecule is O=C1C=CC(c2cccs2)=C1c1cccs1. The highest BCUT2D eigenvalue weighted by Gasteiger charge is 2.21. The molecule has 1 nitrogen and oxygen atoms in total. The van der Waals surface area contributed by atoms with Gasteiger partial charge in [0.25, 0.3) is 0 Å². The molecule has 0 saturated carbocycles. The van der Waals surface area contributed by atoms with Gasteiger partial charge in [-0.15, -0.1) is 22.7 Å². The number of carbonyl (C=O) groups is 1. The lowest BCUT2D eigenvalue weighted by atomic mass is 10.1. The first-order valence-corrected chi connectivity index (χ1v) is 6.66. The molecule has 2 aromatic rings. The summed E-state index contributed by atoms with van der Waals surface area (Å²) in [6.07, 6.45) is 3.58. The molecule has 0 unspecified atom stereocenters. The monoisotopic (exact) mass is 244 g/mol. The van der Waals surface area contributed by atoms with E-state index in [4.69, 9.17) is 0 Å². The molecule has 1 aliphatic carbocycles. The zero-order valence-corrected chi connectivity index (χ0v) is 9.98. The maximum atomic E-state index is 11.8. The van der Waals surface area contributed by atoms with Gasteiger partial charge in [-0.1, -0.05) is 12.1 Å². The molecule has 0 saturated heterocycles. The van der Waals surface area contributed by atoms with Crippen molar-refractivity contribution in [1.82, 2.24) is 0 Å². The predicted molar refractivity (Wildman–Crippen MR) is 69.6 cm³/mol. The van der Waals surface area contributed by atoms with Crippen molar-refractivity contribution in [3.05, 3.63) is 56.9 Å². The zero-order valence-electron chi connectivity index (χ0n) is 8.34. The Morgan fingerprint density at radius 1 is 0.875 bits per heavy atom. The highest BCUT2D eigenvalue weighted by molar-refractivity contribution is 7.12. The van der Waals surface area contributed by atoms with Gasteiger partial charge in [0.05, 0.1) is 0 Å². The van der Waals surface area contributed by atoms with E-state index in [9.17, 15) is 4.79 Å². The Hall–Kier alpha value is -1.45. The fourth-order valence-corrected chi connectivity index (χ4v) is 3.32. The Morgan fingerprint density at radius 2 is 1.56 bits per heavy atom. The van der Waals surface area contributed by atoms with Crippen LogP contribution in [0, 0.1) is 0 Å². The Morgan fingerprint density at radius 3 is 2.19 bits per heavy atom. The van der Waals surface area contributed by atoms with Gasteiger partial charge < -0.3 is 0 Å². The van der Waals surface area contributed by atoms with E-state index in [1.165, 1.54) is 0 Å². The molecule has 2 heterocycles. The van der Waals surface area contributed by atoms with Crippen LogP contribution < -0.4 is 0 Å². The molecule has 2 aromatic heterocycles. The third kappa shape index (κ3) is 1.49. The number of hydrogen-bond acceptors (Lipinski definition) is 3. The highest BCUT2D eigenvalue weighted by atomic mass is 32.1. The fourth-order valence-electron chi connectivity index (χ4n) is 1.77. The Bertz CT molecular complexity index is 535. The third-order valence-corrected chi connectivity index (χ3v) is 4.26. The molecule has 78 valence electrons. The number of carbonyl (C=O) groups excluding carboxylic acids is 1. The molecule has 0 radical (unpaired) electrons. The van der Waals surface area contributed by atoms with E-state index in [1.807, 2.05) is 35.0 Å². The van der Waals surface area contributed by atoms with Crippen LogP contribution in [-0.4, -0.2) is 5.78 Å². The fraction of sp³-hybridized carbons (Fsp3) is 0. The molecule has 16 heavy (non-hydrogen) atoms. The third-order valence-electron chi connectivity index (χ3n) is 2.47. The van der Waals surface area contributed by atoms with Gasteiger partial charge in [-0.2, -0.15) is 0 Å². The molecular weight excluding hydrogens is 236 g/mol. The van der Waals surface area contributed by atoms with Crippen LogP contribution in [0.15, 0.2) is 47.2 Å². The van der Waals surface area contributed by atoms with Crippen LogP contribution in [0.3, 0.4) is 0 Å². The summed E-state index contributed by atoms with van der Waals surface area (Å²) >= 11 is 3.28. The molecule has 0 bridgehead atoms. The lowest BCUT2D eigenvalue weighted by Gasteiger charge is -2.01. The first-order chi connectivity index (χ1) is 7.86. The molecule has 1 aliphatic rings. The number of rotatable bonds is 2. The second kappa shape index (κ2) is 3.85. The number of allylic oxidation sites excluding steroid dienone is 4. The Kier molecular flexibility index (Phi) is 2.35. The molecule has 0 spiro atoms. The van der Waals surface area contributed by atoms with Gasteiger partial charge in [-0.25, -0.2) is 0 Å². The van der Waals surface area contributed by atoms with Gasteiger partial charge in [-0.05, 0) is 35.0 Å². The van der Waals surface area contributed by atoms with Gasteiger partial charge in [0.2, 0.25) is 0 Å². The van der Waals surface area contributed by atoms with Crippen LogP contribution in [0.1, 0.15) is 9.75 Å². The van der Waals surface area contributed by atoms with Crippen molar-refractivity contribution in [3.8, 4) is 0 Å². The van der Waals surface area contributed by atoms with Crippen LogP contribution in [-0.2, 0) is 4.79 Å². The van der Waals surface area contributed by atoms with Gasteiger partial charge in [0, 0.05) is 20.9 Å². The van der Waals surface area contributed by atoms with Crippen molar-refractivity contribution in [1.29, 1.82) is 0 Å². The van der Waals surface area contributed by atoms with E-state index in [-0.39, 0.29) is 5.78 Å². The minimum Gasteiger partial charge on any atom is -0.289 e. The van der Waals surface area contributed by atoms with Crippen molar-refractivity contribution >= 4 is 39.6 Å². The van der Waals surface area contributed by atoms with Crippen molar-refractivity contribution in [3.63, 3.8) is 0 Å². The zero-order chi connectivity index (χ0) is 11.0. The van der Waals surface area contributed by atoms with Crippen molar-refractivity contribution in [2.45, 2.75) is 0 Å². The van der Waals surface area contributed by atoms with Crippen molar-refractivity contribution in [2.75, 3.05) is 0 Å². The van der Waals surface area contributed by atoms with E-state index < -0.39 is 0 Å².